The lowest BCUT2D eigenvalue weighted by Crippen LogP contribution is -2.17. The summed E-state index contributed by atoms with van der Waals surface area (Å²) < 4.78 is 3.23. The molecule has 96 valence electrons. The third kappa shape index (κ3) is 2.08. The molecule has 7 nitrogen and oxygen atoms in total. The molecule has 3 heterocycles. The van der Waals surface area contributed by atoms with Crippen LogP contribution in [0.3, 0.4) is 0 Å². The van der Waals surface area contributed by atoms with E-state index < -0.39 is 0 Å². The lowest BCUT2D eigenvalue weighted by Gasteiger charge is -2.02. The molecule has 0 aromatic carbocycles. The van der Waals surface area contributed by atoms with Crippen molar-refractivity contribution in [2.45, 2.75) is 6.54 Å². The van der Waals surface area contributed by atoms with E-state index in [-0.39, 0.29) is 5.49 Å². The largest absolute Gasteiger partial charge is 0.319 e. The van der Waals surface area contributed by atoms with Crippen molar-refractivity contribution in [1.29, 1.82) is 5.41 Å². The number of hydrogen-bond donors (Lipinski definition) is 1. The van der Waals surface area contributed by atoms with Crippen molar-refractivity contribution in [3.05, 3.63) is 40.9 Å². The summed E-state index contributed by atoms with van der Waals surface area (Å²) in [6.45, 7) is 0.487. The Hall–Kier alpha value is -2.28. The van der Waals surface area contributed by atoms with Gasteiger partial charge in [0.15, 0.2) is 16.7 Å². The molecule has 3 aromatic heterocycles. The highest BCUT2D eigenvalue weighted by atomic mass is 35.5. The summed E-state index contributed by atoms with van der Waals surface area (Å²) in [6.07, 6.45) is 3.25. The van der Waals surface area contributed by atoms with Crippen molar-refractivity contribution < 1.29 is 0 Å². The minimum absolute atomic E-state index is 0.283. The van der Waals surface area contributed by atoms with Gasteiger partial charge in [0.2, 0.25) is 0 Å². The zero-order valence-corrected chi connectivity index (χ0v) is 10.8. The number of rotatable bonds is 2. The Morgan fingerprint density at radius 2 is 2.16 bits per heavy atom. The van der Waals surface area contributed by atoms with Gasteiger partial charge in [-0.05, 0) is 11.6 Å². The normalized spacial score (nSPS) is 11.1. The molecule has 19 heavy (non-hydrogen) atoms. The van der Waals surface area contributed by atoms with Crippen molar-refractivity contribution in [2.75, 3.05) is 0 Å². The summed E-state index contributed by atoms with van der Waals surface area (Å²) in [5.74, 6) is 0. The summed E-state index contributed by atoms with van der Waals surface area (Å²) in [7, 11) is 1.75. The second-order valence-electron chi connectivity index (χ2n) is 4.11. The number of pyridine rings is 1. The quantitative estimate of drug-likeness (QED) is 0.699. The van der Waals surface area contributed by atoms with Crippen LogP contribution in [-0.2, 0) is 13.6 Å². The first-order valence-corrected chi connectivity index (χ1v) is 5.93. The van der Waals surface area contributed by atoms with Gasteiger partial charge < -0.3 is 4.57 Å². The number of aromatic nitrogens is 6. The van der Waals surface area contributed by atoms with Crippen LogP contribution in [0, 0.1) is 5.41 Å². The molecule has 3 aromatic rings. The average Bonchev–Trinajstić information content (AvgIpc) is 2.80. The second kappa shape index (κ2) is 4.43. The van der Waals surface area contributed by atoms with E-state index >= 15 is 0 Å². The molecule has 3 rings (SSSR count). The molecule has 0 aliphatic heterocycles. The van der Waals surface area contributed by atoms with E-state index in [1.807, 2.05) is 6.07 Å². The first-order chi connectivity index (χ1) is 9.15. The lowest BCUT2D eigenvalue weighted by molar-refractivity contribution is 0.662. The van der Waals surface area contributed by atoms with Crippen molar-refractivity contribution in [3.8, 4) is 0 Å². The van der Waals surface area contributed by atoms with Gasteiger partial charge in [0.1, 0.15) is 5.15 Å². The molecule has 0 fully saturated rings. The van der Waals surface area contributed by atoms with Gasteiger partial charge in [-0.25, -0.2) is 14.6 Å². The van der Waals surface area contributed by atoms with Crippen molar-refractivity contribution >= 4 is 22.8 Å². The van der Waals surface area contributed by atoms with Crippen molar-refractivity contribution in [1.82, 2.24) is 29.5 Å². The van der Waals surface area contributed by atoms with Gasteiger partial charge in [-0.3, -0.25) is 5.41 Å². The van der Waals surface area contributed by atoms with E-state index in [0.29, 0.717) is 22.9 Å². The molecule has 0 bridgehead atoms. The van der Waals surface area contributed by atoms with Gasteiger partial charge in [-0.15, -0.1) is 5.10 Å². The number of hydrogen-bond acceptors (Lipinski definition) is 5. The van der Waals surface area contributed by atoms with E-state index in [0.717, 1.165) is 5.56 Å². The van der Waals surface area contributed by atoms with Crippen LogP contribution in [0.15, 0.2) is 24.7 Å². The first kappa shape index (κ1) is 11.8. The van der Waals surface area contributed by atoms with Gasteiger partial charge in [0.25, 0.3) is 0 Å². The Labute approximate surface area is 113 Å². The number of nitrogens with one attached hydrogen (secondary N) is 1. The van der Waals surface area contributed by atoms with Gasteiger partial charge in [0.05, 0.1) is 12.9 Å². The van der Waals surface area contributed by atoms with Crippen LogP contribution < -0.4 is 5.49 Å². The highest BCUT2D eigenvalue weighted by Gasteiger charge is 2.09. The monoisotopic (exact) mass is 275 g/mol. The van der Waals surface area contributed by atoms with E-state index in [4.69, 9.17) is 17.0 Å². The fourth-order valence-corrected chi connectivity index (χ4v) is 1.85. The van der Waals surface area contributed by atoms with Gasteiger partial charge >= 0.3 is 0 Å². The Balaban J connectivity index is 2.04. The highest BCUT2D eigenvalue weighted by Crippen LogP contribution is 2.09. The summed E-state index contributed by atoms with van der Waals surface area (Å²) in [5.41, 5.74) is 2.29. The third-order valence-corrected chi connectivity index (χ3v) is 2.98. The van der Waals surface area contributed by atoms with Gasteiger partial charge in [-0.1, -0.05) is 22.9 Å². The molecule has 0 atom stereocenters. The van der Waals surface area contributed by atoms with E-state index in [2.05, 4.69) is 20.3 Å². The molecule has 1 N–H and O–H groups in total. The number of aryl methyl sites for hydroxylation is 1. The third-order valence-electron chi connectivity index (χ3n) is 2.76. The average molecular weight is 276 g/mol. The Morgan fingerprint density at radius 1 is 1.32 bits per heavy atom. The van der Waals surface area contributed by atoms with Crippen LogP contribution in [0.2, 0.25) is 5.15 Å². The lowest BCUT2D eigenvalue weighted by atomic mass is 10.3. The Morgan fingerprint density at radius 3 is 2.89 bits per heavy atom. The maximum atomic E-state index is 7.89. The maximum absolute atomic E-state index is 7.89. The smallest absolute Gasteiger partial charge is 0.184 e. The molecule has 0 spiro atoms. The van der Waals surface area contributed by atoms with Gasteiger partial charge in [-0.2, -0.15) is 0 Å². The predicted octanol–water partition coefficient (Wildman–Crippen LogP) is 0.741. The van der Waals surface area contributed by atoms with Crippen LogP contribution in [-0.4, -0.2) is 29.5 Å². The summed E-state index contributed by atoms with van der Waals surface area (Å²) in [6, 6.07) is 3.59. The van der Waals surface area contributed by atoms with E-state index in [1.165, 1.54) is 0 Å². The van der Waals surface area contributed by atoms with Crippen LogP contribution in [0.1, 0.15) is 5.56 Å². The van der Waals surface area contributed by atoms with Crippen LogP contribution in [0.5, 0.6) is 0 Å². The van der Waals surface area contributed by atoms with Crippen molar-refractivity contribution in [2.24, 2.45) is 7.05 Å². The second-order valence-corrected chi connectivity index (χ2v) is 4.50. The maximum Gasteiger partial charge on any atom is 0.184 e. The van der Waals surface area contributed by atoms with Crippen molar-refractivity contribution in [3.63, 3.8) is 0 Å². The van der Waals surface area contributed by atoms with Crippen LogP contribution in [0.4, 0.5) is 0 Å². The molecule has 0 unspecified atom stereocenters. The summed E-state index contributed by atoms with van der Waals surface area (Å²) >= 11 is 5.74. The van der Waals surface area contributed by atoms with E-state index in [9.17, 15) is 0 Å². The molecular weight excluding hydrogens is 266 g/mol. The zero-order chi connectivity index (χ0) is 13.4. The highest BCUT2D eigenvalue weighted by molar-refractivity contribution is 6.29. The standard InChI is InChI=1S/C11H10ClN7/c1-18-6-15-11-9(10(18)13)16-17-19(11)5-7-2-3-8(12)14-4-7/h2-4,6,13H,5H2,1H3. The summed E-state index contributed by atoms with van der Waals surface area (Å²) in [5, 5.41) is 16.4. The molecule has 0 amide bonds. The topological polar surface area (TPSA) is 85.3 Å². The number of nitrogens with zero attached hydrogens (tertiary/aromatic N) is 6. The predicted molar refractivity (Wildman–Crippen MR) is 68.5 cm³/mol. The molecular formula is C11H10ClN7. The molecule has 0 aliphatic rings. The summed E-state index contributed by atoms with van der Waals surface area (Å²) in [4.78, 5) is 8.26. The Kier molecular flexibility index (Phi) is 2.75. The molecule has 0 aliphatic carbocycles. The first-order valence-electron chi connectivity index (χ1n) is 5.55. The molecule has 0 radical (unpaired) electrons. The number of fused-ring (bicyclic) bond motifs is 1. The Bertz CT molecular complexity index is 787. The minimum atomic E-state index is 0.283. The fraction of sp³-hybridized carbons (Fsp3) is 0.182. The van der Waals surface area contributed by atoms with Crippen LogP contribution in [0.25, 0.3) is 11.2 Å². The zero-order valence-electron chi connectivity index (χ0n) is 10.1. The van der Waals surface area contributed by atoms with Crippen LogP contribution >= 0.6 is 11.6 Å². The minimum Gasteiger partial charge on any atom is -0.319 e. The van der Waals surface area contributed by atoms with E-state index in [1.54, 1.807) is 34.9 Å². The SMILES string of the molecule is Cn1cnc2c(nnn2Cc2ccc(Cl)nc2)c1=N. The van der Waals surface area contributed by atoms with Gasteiger partial charge in [0, 0.05) is 13.2 Å². The molecule has 8 heteroatoms. The molecule has 0 saturated carbocycles. The number of halogens is 1. The molecule has 0 saturated heterocycles. The fourth-order valence-electron chi connectivity index (χ4n) is 1.73.